The number of allylic oxidation sites excluding steroid dienone is 1. The number of nitrogens with zero attached hydrogens (tertiary/aromatic N) is 1. The van der Waals surface area contributed by atoms with Gasteiger partial charge in [0, 0.05) is 12.2 Å². The molecule has 17 heavy (non-hydrogen) atoms. The molecule has 0 bridgehead atoms. The van der Waals surface area contributed by atoms with Gasteiger partial charge >= 0.3 is 0 Å². The van der Waals surface area contributed by atoms with Crippen LogP contribution in [0, 0.1) is 0 Å². The quantitative estimate of drug-likeness (QED) is 0.576. The van der Waals surface area contributed by atoms with Crippen molar-refractivity contribution in [3.05, 3.63) is 36.4 Å². The molecule has 0 radical (unpaired) electrons. The van der Waals surface area contributed by atoms with Crippen LogP contribution in [0.1, 0.15) is 25.7 Å². The maximum Gasteiger partial charge on any atom is 0.0813 e. The topological polar surface area (TPSA) is 24.9 Å². The zero-order valence-corrected chi connectivity index (χ0v) is 10.8. The highest BCUT2D eigenvalue weighted by molar-refractivity contribution is 7.16. The standard InChI is InChI=1S/C14H18N2S/c1-2-3-4-5-6-9-15-12-7-8-13-14(10-12)17-11-16-13/h2,7-8,10-11,15H,1,3-6,9H2. The highest BCUT2D eigenvalue weighted by Gasteiger charge is 1.97. The molecular formula is C14H18N2S. The van der Waals surface area contributed by atoms with Gasteiger partial charge in [-0.25, -0.2) is 4.98 Å². The van der Waals surface area contributed by atoms with Crippen molar-refractivity contribution in [1.29, 1.82) is 0 Å². The minimum atomic E-state index is 1.04. The van der Waals surface area contributed by atoms with Gasteiger partial charge < -0.3 is 5.32 Å². The number of hydrogen-bond donors (Lipinski definition) is 1. The molecule has 0 amide bonds. The molecule has 2 aromatic rings. The van der Waals surface area contributed by atoms with Crippen LogP contribution in [0.2, 0.25) is 0 Å². The number of aromatic nitrogens is 1. The first-order valence-electron chi connectivity index (χ1n) is 6.08. The maximum atomic E-state index is 4.27. The predicted octanol–water partition coefficient (Wildman–Crippen LogP) is 4.45. The summed E-state index contributed by atoms with van der Waals surface area (Å²) in [4.78, 5) is 4.27. The second kappa shape index (κ2) is 6.40. The Hall–Kier alpha value is -1.35. The van der Waals surface area contributed by atoms with Crippen LogP contribution in [0.15, 0.2) is 36.4 Å². The lowest BCUT2D eigenvalue weighted by molar-refractivity contribution is 0.709. The molecule has 1 N–H and O–H groups in total. The molecule has 3 heteroatoms. The van der Waals surface area contributed by atoms with Crippen LogP contribution in [0.5, 0.6) is 0 Å². The van der Waals surface area contributed by atoms with Crippen LogP contribution >= 0.6 is 11.3 Å². The summed E-state index contributed by atoms with van der Waals surface area (Å²) >= 11 is 1.69. The molecule has 0 atom stereocenters. The van der Waals surface area contributed by atoms with E-state index in [9.17, 15) is 0 Å². The highest BCUT2D eigenvalue weighted by Crippen LogP contribution is 2.21. The molecule has 0 spiro atoms. The van der Waals surface area contributed by atoms with Crippen molar-refractivity contribution in [3.8, 4) is 0 Å². The molecule has 0 saturated carbocycles. The Kier molecular flexibility index (Phi) is 4.56. The minimum absolute atomic E-state index is 1.04. The van der Waals surface area contributed by atoms with E-state index in [1.165, 1.54) is 29.6 Å². The summed E-state index contributed by atoms with van der Waals surface area (Å²) in [5.41, 5.74) is 4.18. The van der Waals surface area contributed by atoms with Gasteiger partial charge in [-0.3, -0.25) is 0 Å². The van der Waals surface area contributed by atoms with E-state index in [0.717, 1.165) is 18.5 Å². The number of hydrogen-bond acceptors (Lipinski definition) is 3. The van der Waals surface area contributed by atoms with Crippen LogP contribution in [-0.2, 0) is 0 Å². The molecule has 0 saturated heterocycles. The van der Waals surface area contributed by atoms with Crippen molar-refractivity contribution in [1.82, 2.24) is 4.98 Å². The van der Waals surface area contributed by atoms with Crippen LogP contribution in [0.4, 0.5) is 5.69 Å². The first-order chi connectivity index (χ1) is 8.40. The van der Waals surface area contributed by atoms with Gasteiger partial charge in [0.2, 0.25) is 0 Å². The largest absolute Gasteiger partial charge is 0.385 e. The Morgan fingerprint density at radius 2 is 2.24 bits per heavy atom. The zero-order chi connectivity index (χ0) is 11.9. The lowest BCUT2D eigenvalue weighted by Gasteiger charge is -2.05. The van der Waals surface area contributed by atoms with E-state index in [0.29, 0.717) is 0 Å². The van der Waals surface area contributed by atoms with Gasteiger partial charge in [0.15, 0.2) is 0 Å². The summed E-state index contributed by atoms with van der Waals surface area (Å²) < 4.78 is 1.25. The van der Waals surface area contributed by atoms with Crippen LogP contribution in [-0.4, -0.2) is 11.5 Å². The Morgan fingerprint density at radius 1 is 1.29 bits per heavy atom. The van der Waals surface area contributed by atoms with E-state index in [4.69, 9.17) is 0 Å². The molecule has 0 aliphatic heterocycles. The Balaban J connectivity index is 1.76. The van der Waals surface area contributed by atoms with Crippen molar-refractivity contribution in [3.63, 3.8) is 0 Å². The number of anilines is 1. The minimum Gasteiger partial charge on any atom is -0.385 e. The number of thiazole rings is 1. The third-order valence-corrected chi connectivity index (χ3v) is 3.54. The van der Waals surface area contributed by atoms with Gasteiger partial charge in [0.25, 0.3) is 0 Å². The Bertz CT molecular complexity index is 476. The summed E-state index contributed by atoms with van der Waals surface area (Å²) in [5.74, 6) is 0. The van der Waals surface area contributed by atoms with Crippen LogP contribution in [0.25, 0.3) is 10.2 Å². The third kappa shape index (κ3) is 3.56. The number of unbranched alkanes of at least 4 members (excludes halogenated alkanes) is 3. The fourth-order valence-corrected chi connectivity index (χ4v) is 2.50. The van der Waals surface area contributed by atoms with Crippen molar-refractivity contribution in [2.45, 2.75) is 25.7 Å². The van der Waals surface area contributed by atoms with Crippen molar-refractivity contribution >= 4 is 27.2 Å². The monoisotopic (exact) mass is 246 g/mol. The Labute approximate surface area is 106 Å². The van der Waals surface area contributed by atoms with Gasteiger partial charge in [-0.15, -0.1) is 17.9 Å². The molecule has 2 nitrogen and oxygen atoms in total. The van der Waals surface area contributed by atoms with E-state index in [1.54, 1.807) is 11.3 Å². The fourth-order valence-electron chi connectivity index (χ4n) is 1.79. The summed E-state index contributed by atoms with van der Waals surface area (Å²) in [5, 5.41) is 3.46. The smallest absolute Gasteiger partial charge is 0.0813 e. The van der Waals surface area contributed by atoms with Crippen molar-refractivity contribution < 1.29 is 0 Å². The molecule has 1 aromatic carbocycles. The number of fused-ring (bicyclic) bond motifs is 1. The van der Waals surface area contributed by atoms with E-state index in [2.05, 4.69) is 35.1 Å². The molecule has 0 aliphatic rings. The summed E-state index contributed by atoms with van der Waals surface area (Å²) in [6.45, 7) is 4.77. The first-order valence-corrected chi connectivity index (χ1v) is 6.96. The van der Waals surface area contributed by atoms with Gasteiger partial charge in [-0.2, -0.15) is 0 Å². The van der Waals surface area contributed by atoms with Gasteiger partial charge in [0.05, 0.1) is 15.7 Å². The van der Waals surface area contributed by atoms with E-state index in [-0.39, 0.29) is 0 Å². The lowest BCUT2D eigenvalue weighted by Crippen LogP contribution is -2.00. The number of nitrogens with one attached hydrogen (secondary N) is 1. The van der Waals surface area contributed by atoms with Gasteiger partial charge in [0.1, 0.15) is 0 Å². The number of rotatable bonds is 7. The van der Waals surface area contributed by atoms with Gasteiger partial charge in [-0.1, -0.05) is 12.5 Å². The fraction of sp³-hybridized carbons (Fsp3) is 0.357. The highest BCUT2D eigenvalue weighted by atomic mass is 32.1. The molecule has 0 unspecified atom stereocenters. The number of benzene rings is 1. The summed E-state index contributed by atoms with van der Waals surface area (Å²) in [7, 11) is 0. The molecule has 1 aromatic heterocycles. The average molecular weight is 246 g/mol. The molecular weight excluding hydrogens is 228 g/mol. The normalized spacial score (nSPS) is 10.6. The SMILES string of the molecule is C=CCCCCCNc1ccc2ncsc2c1. The molecule has 90 valence electrons. The average Bonchev–Trinajstić information content (AvgIpc) is 2.81. The van der Waals surface area contributed by atoms with Crippen LogP contribution < -0.4 is 5.32 Å². The molecule has 0 fully saturated rings. The molecule has 2 rings (SSSR count). The Morgan fingerprint density at radius 3 is 3.12 bits per heavy atom. The molecule has 1 heterocycles. The van der Waals surface area contributed by atoms with Crippen LogP contribution in [0.3, 0.4) is 0 Å². The summed E-state index contributed by atoms with van der Waals surface area (Å²) in [6.07, 6.45) is 6.85. The third-order valence-electron chi connectivity index (χ3n) is 2.75. The van der Waals surface area contributed by atoms with Gasteiger partial charge in [-0.05, 0) is 37.5 Å². The second-order valence-electron chi connectivity index (χ2n) is 4.10. The molecule has 0 aliphatic carbocycles. The lowest BCUT2D eigenvalue weighted by atomic mass is 10.2. The predicted molar refractivity (Wildman–Crippen MR) is 76.8 cm³/mol. The maximum absolute atomic E-state index is 4.27. The van der Waals surface area contributed by atoms with Crippen molar-refractivity contribution in [2.24, 2.45) is 0 Å². The van der Waals surface area contributed by atoms with E-state index < -0.39 is 0 Å². The summed E-state index contributed by atoms with van der Waals surface area (Å²) in [6, 6.07) is 6.36. The zero-order valence-electron chi connectivity index (χ0n) is 9.98. The van der Waals surface area contributed by atoms with E-state index >= 15 is 0 Å². The second-order valence-corrected chi connectivity index (χ2v) is 4.99. The van der Waals surface area contributed by atoms with E-state index in [1.807, 2.05) is 11.6 Å². The van der Waals surface area contributed by atoms with Crippen molar-refractivity contribution in [2.75, 3.05) is 11.9 Å². The first kappa shape index (κ1) is 12.1.